The van der Waals surface area contributed by atoms with Crippen LogP contribution in [-0.4, -0.2) is 28.2 Å². The molecule has 7 nitrogen and oxygen atoms in total. The molecule has 0 aliphatic heterocycles. The van der Waals surface area contributed by atoms with Crippen molar-refractivity contribution in [1.29, 1.82) is 0 Å². The van der Waals surface area contributed by atoms with Gasteiger partial charge in [0.1, 0.15) is 16.2 Å². The number of aryl methyl sites for hydroxylation is 1. The summed E-state index contributed by atoms with van der Waals surface area (Å²) in [4.78, 5) is 3.73. The van der Waals surface area contributed by atoms with Gasteiger partial charge in [-0.1, -0.05) is 29.9 Å². The van der Waals surface area contributed by atoms with Gasteiger partial charge in [0.05, 0.1) is 5.02 Å². The van der Waals surface area contributed by atoms with E-state index in [9.17, 15) is 8.42 Å². The molecule has 3 N–H and O–H groups in total. The largest absolute Gasteiger partial charge is 0.389 e. The van der Waals surface area contributed by atoms with Gasteiger partial charge in [-0.05, 0) is 12.1 Å². The van der Waals surface area contributed by atoms with Crippen molar-refractivity contribution in [2.45, 2.75) is 4.90 Å². The fourth-order valence-corrected chi connectivity index (χ4v) is 3.12. The third kappa shape index (κ3) is 2.89. The fourth-order valence-electron chi connectivity index (χ4n) is 1.43. The van der Waals surface area contributed by atoms with Gasteiger partial charge in [0.15, 0.2) is 0 Å². The van der Waals surface area contributed by atoms with Crippen molar-refractivity contribution in [1.82, 2.24) is 14.8 Å². The van der Waals surface area contributed by atoms with E-state index in [0.29, 0.717) is 5.56 Å². The van der Waals surface area contributed by atoms with Crippen LogP contribution in [0.1, 0.15) is 5.56 Å². The number of halogens is 1. The molecule has 0 unspecified atom stereocenters. The van der Waals surface area contributed by atoms with Gasteiger partial charge < -0.3 is 5.73 Å². The van der Waals surface area contributed by atoms with Crippen LogP contribution in [0.5, 0.6) is 0 Å². The van der Waals surface area contributed by atoms with Crippen LogP contribution < -0.4 is 10.5 Å². The quantitative estimate of drug-likeness (QED) is 0.807. The number of thiocarbonyl (C=S) groups is 1. The minimum atomic E-state index is -3.91. The zero-order valence-corrected chi connectivity index (χ0v) is 12.6. The first-order valence-corrected chi connectivity index (χ1v) is 7.54. The summed E-state index contributed by atoms with van der Waals surface area (Å²) in [7, 11) is -2.36. The van der Waals surface area contributed by atoms with Gasteiger partial charge in [-0.2, -0.15) is 10.1 Å². The van der Waals surface area contributed by atoms with Crippen molar-refractivity contribution in [2.24, 2.45) is 12.8 Å². The monoisotopic (exact) mass is 331 g/mol. The van der Waals surface area contributed by atoms with E-state index in [-0.39, 0.29) is 20.9 Å². The highest BCUT2D eigenvalue weighted by Gasteiger charge is 2.21. The third-order valence-electron chi connectivity index (χ3n) is 2.44. The Bertz CT molecular complexity index is 772. The van der Waals surface area contributed by atoms with Gasteiger partial charge in [0, 0.05) is 12.6 Å². The minimum Gasteiger partial charge on any atom is -0.389 e. The molecule has 0 amide bonds. The average molecular weight is 332 g/mol. The molecule has 0 bridgehead atoms. The molecule has 2 rings (SSSR count). The second-order valence-corrected chi connectivity index (χ2v) is 6.32. The summed E-state index contributed by atoms with van der Waals surface area (Å²) in [5.74, 6) is 0.0711. The number of nitrogens with one attached hydrogen (secondary N) is 1. The Morgan fingerprint density at radius 2 is 2.20 bits per heavy atom. The van der Waals surface area contributed by atoms with E-state index < -0.39 is 10.0 Å². The Morgan fingerprint density at radius 3 is 2.75 bits per heavy atom. The molecule has 106 valence electrons. The highest BCUT2D eigenvalue weighted by molar-refractivity contribution is 7.92. The standard InChI is InChI=1S/C10H10ClN5O2S2/c1-16-10(13-5-14-16)15-20(17,18)8-4-6(9(12)19)2-3-7(8)11/h2-5H,1H3,(H2,12,19)(H,13,14,15). The number of anilines is 1. The van der Waals surface area contributed by atoms with Crippen LogP contribution in [0.2, 0.25) is 5.02 Å². The lowest BCUT2D eigenvalue weighted by Gasteiger charge is -2.09. The maximum Gasteiger partial charge on any atom is 0.265 e. The Morgan fingerprint density at radius 1 is 1.50 bits per heavy atom. The SMILES string of the molecule is Cn1ncnc1NS(=O)(=O)c1cc(C(N)=S)ccc1Cl. The lowest BCUT2D eigenvalue weighted by Crippen LogP contribution is -2.18. The molecule has 0 atom stereocenters. The number of benzene rings is 1. The molecular weight excluding hydrogens is 322 g/mol. The number of aromatic nitrogens is 3. The average Bonchev–Trinajstić information content (AvgIpc) is 2.74. The number of sulfonamides is 1. The lowest BCUT2D eigenvalue weighted by molar-refractivity contribution is 0.600. The molecule has 1 heterocycles. The summed E-state index contributed by atoms with van der Waals surface area (Å²) in [5, 5.41) is 3.82. The molecule has 20 heavy (non-hydrogen) atoms. The van der Waals surface area contributed by atoms with Crippen LogP contribution >= 0.6 is 23.8 Å². The van der Waals surface area contributed by atoms with Crippen LogP contribution in [0.3, 0.4) is 0 Å². The van der Waals surface area contributed by atoms with E-state index in [1.807, 2.05) is 0 Å². The topological polar surface area (TPSA) is 103 Å². The molecule has 0 aliphatic rings. The highest BCUT2D eigenvalue weighted by atomic mass is 35.5. The van der Waals surface area contributed by atoms with Gasteiger partial charge in [0.2, 0.25) is 5.95 Å². The zero-order chi connectivity index (χ0) is 14.9. The first kappa shape index (κ1) is 14.7. The smallest absolute Gasteiger partial charge is 0.265 e. The summed E-state index contributed by atoms with van der Waals surface area (Å²) < 4.78 is 28.1. The van der Waals surface area contributed by atoms with Crippen LogP contribution in [0, 0.1) is 0 Å². The van der Waals surface area contributed by atoms with Crippen molar-refractivity contribution in [3.8, 4) is 0 Å². The van der Waals surface area contributed by atoms with Gasteiger partial charge in [-0.25, -0.2) is 17.8 Å². The molecule has 0 saturated heterocycles. The van der Waals surface area contributed by atoms with Gasteiger partial charge in [-0.3, -0.25) is 0 Å². The summed E-state index contributed by atoms with van der Waals surface area (Å²) in [6.45, 7) is 0. The van der Waals surface area contributed by atoms with Crippen LogP contribution in [-0.2, 0) is 17.1 Å². The molecule has 0 fully saturated rings. The van der Waals surface area contributed by atoms with E-state index in [0.717, 1.165) is 0 Å². The number of rotatable bonds is 4. The number of hydrogen-bond donors (Lipinski definition) is 2. The Labute approximate surface area is 125 Å². The van der Waals surface area contributed by atoms with Crippen molar-refractivity contribution >= 4 is 44.8 Å². The fraction of sp³-hybridized carbons (Fsp3) is 0.100. The molecule has 1 aromatic heterocycles. The summed E-state index contributed by atoms with van der Waals surface area (Å²) in [6, 6.07) is 4.27. The minimum absolute atomic E-state index is 0.0552. The normalized spacial score (nSPS) is 11.3. The molecule has 0 aliphatic carbocycles. The number of nitrogens with zero attached hydrogens (tertiary/aromatic N) is 3. The Hall–Kier alpha value is -1.71. The van der Waals surface area contributed by atoms with Crippen LogP contribution in [0.15, 0.2) is 29.4 Å². The van der Waals surface area contributed by atoms with E-state index in [1.165, 1.54) is 23.1 Å². The highest BCUT2D eigenvalue weighted by Crippen LogP contribution is 2.24. The van der Waals surface area contributed by atoms with E-state index >= 15 is 0 Å². The molecule has 2 aromatic rings. The van der Waals surface area contributed by atoms with Crippen molar-refractivity contribution in [3.63, 3.8) is 0 Å². The Balaban J connectivity index is 2.46. The third-order valence-corrected chi connectivity index (χ3v) is 4.49. The first-order valence-electron chi connectivity index (χ1n) is 5.27. The lowest BCUT2D eigenvalue weighted by atomic mass is 10.2. The first-order chi connectivity index (χ1) is 9.31. The maximum atomic E-state index is 12.3. The van der Waals surface area contributed by atoms with E-state index in [1.54, 1.807) is 13.1 Å². The number of hydrogen-bond acceptors (Lipinski definition) is 5. The summed E-state index contributed by atoms with van der Waals surface area (Å²) in [6.07, 6.45) is 1.23. The van der Waals surface area contributed by atoms with Crippen molar-refractivity contribution in [3.05, 3.63) is 35.1 Å². The van der Waals surface area contributed by atoms with Crippen molar-refractivity contribution < 1.29 is 8.42 Å². The predicted molar refractivity (Wildman–Crippen MR) is 79.2 cm³/mol. The zero-order valence-electron chi connectivity index (χ0n) is 10.2. The number of nitrogens with two attached hydrogens (primary N) is 1. The molecular formula is C10H10ClN5O2S2. The van der Waals surface area contributed by atoms with E-state index in [2.05, 4.69) is 14.8 Å². The Kier molecular flexibility index (Phi) is 3.93. The maximum absolute atomic E-state index is 12.3. The summed E-state index contributed by atoms with van der Waals surface area (Å²) in [5.41, 5.74) is 5.89. The second-order valence-electron chi connectivity index (χ2n) is 3.82. The second kappa shape index (κ2) is 5.35. The van der Waals surface area contributed by atoms with Crippen LogP contribution in [0.4, 0.5) is 5.95 Å². The van der Waals surface area contributed by atoms with E-state index in [4.69, 9.17) is 29.6 Å². The van der Waals surface area contributed by atoms with Crippen LogP contribution in [0.25, 0.3) is 0 Å². The molecule has 1 aromatic carbocycles. The molecule has 10 heteroatoms. The predicted octanol–water partition coefficient (Wildman–Crippen LogP) is 0.904. The van der Waals surface area contributed by atoms with Gasteiger partial charge >= 0.3 is 0 Å². The molecule has 0 radical (unpaired) electrons. The van der Waals surface area contributed by atoms with Crippen molar-refractivity contribution in [2.75, 3.05) is 4.72 Å². The molecule has 0 spiro atoms. The van der Waals surface area contributed by atoms with Gasteiger partial charge in [-0.15, -0.1) is 0 Å². The molecule has 0 saturated carbocycles. The summed E-state index contributed by atoms with van der Waals surface area (Å²) >= 11 is 10.7. The van der Waals surface area contributed by atoms with Gasteiger partial charge in [0.25, 0.3) is 10.0 Å².